The van der Waals surface area contributed by atoms with Gasteiger partial charge in [-0.25, -0.2) is 13.4 Å². The maximum absolute atomic E-state index is 13.0. The molecule has 1 saturated carbocycles. The van der Waals surface area contributed by atoms with Crippen LogP contribution in [0.15, 0.2) is 30.5 Å². The van der Waals surface area contributed by atoms with Crippen LogP contribution >= 0.6 is 0 Å². The van der Waals surface area contributed by atoms with E-state index in [1.54, 1.807) is 18.3 Å². The summed E-state index contributed by atoms with van der Waals surface area (Å²) in [7, 11) is -3.26. The molecule has 6 rings (SSSR count). The number of anilines is 1. The molecule has 0 bridgehead atoms. The number of amides is 1. The van der Waals surface area contributed by atoms with Crippen molar-refractivity contribution in [2.45, 2.75) is 63.3 Å². The van der Waals surface area contributed by atoms with Crippen molar-refractivity contribution in [3.63, 3.8) is 0 Å². The predicted octanol–water partition coefficient (Wildman–Crippen LogP) is 2.52. The summed E-state index contributed by atoms with van der Waals surface area (Å²) < 4.78 is 29.0. The molecule has 1 fully saturated rings. The van der Waals surface area contributed by atoms with Crippen molar-refractivity contribution in [1.82, 2.24) is 29.0 Å². The van der Waals surface area contributed by atoms with E-state index in [0.29, 0.717) is 30.3 Å². The Morgan fingerprint density at radius 1 is 1.14 bits per heavy atom. The van der Waals surface area contributed by atoms with Crippen molar-refractivity contribution in [1.29, 1.82) is 0 Å². The number of hydrogen-bond acceptors (Lipinski definition) is 7. The van der Waals surface area contributed by atoms with E-state index < -0.39 is 15.9 Å². The molecule has 3 aliphatic rings. The van der Waals surface area contributed by atoms with Crippen molar-refractivity contribution in [2.24, 2.45) is 0 Å². The fourth-order valence-electron chi connectivity index (χ4n) is 4.95. The lowest BCUT2D eigenvalue weighted by Crippen LogP contribution is -2.38. The molecule has 0 unspecified atom stereocenters. The standard InChI is InChI=1S/C24H27N7O3S/c1-24(2)10-8-21-28-29-22(31(21)24)18-4-3-5-20(26-18)27-23(32)19-12-16-14-30(11-9-15(16)13-25-19)35(33,34)17-6-7-17/h3-5,12-13,17H,6-11,14H2,1-2H3,(H,26,27,32). The number of rotatable bonds is 5. The first-order valence-electron chi connectivity index (χ1n) is 11.9. The van der Waals surface area contributed by atoms with Gasteiger partial charge < -0.3 is 9.88 Å². The predicted molar refractivity (Wildman–Crippen MR) is 129 cm³/mol. The van der Waals surface area contributed by atoms with Gasteiger partial charge in [-0.2, -0.15) is 4.31 Å². The molecular formula is C24H27N7O3S. The van der Waals surface area contributed by atoms with Crippen LogP contribution < -0.4 is 5.32 Å². The normalized spacial score (nSPS) is 19.3. The molecule has 0 saturated heterocycles. The number of hydrogen-bond donors (Lipinski definition) is 1. The summed E-state index contributed by atoms with van der Waals surface area (Å²) in [5, 5.41) is 11.2. The number of carbonyl (C=O) groups is 1. The second kappa shape index (κ2) is 7.92. The largest absolute Gasteiger partial charge is 0.305 e. The number of nitrogens with zero attached hydrogens (tertiary/aromatic N) is 6. The zero-order chi connectivity index (χ0) is 24.4. The Labute approximate surface area is 203 Å². The number of nitrogens with one attached hydrogen (secondary N) is 1. The van der Waals surface area contributed by atoms with E-state index in [-0.39, 0.29) is 23.0 Å². The molecule has 0 atom stereocenters. The van der Waals surface area contributed by atoms with Gasteiger partial charge >= 0.3 is 0 Å². The molecule has 35 heavy (non-hydrogen) atoms. The van der Waals surface area contributed by atoms with Crippen LogP contribution in [-0.2, 0) is 34.9 Å². The molecule has 11 heteroatoms. The molecule has 0 radical (unpaired) electrons. The quantitative estimate of drug-likeness (QED) is 0.579. The molecule has 1 N–H and O–H groups in total. The first-order chi connectivity index (χ1) is 16.7. The van der Waals surface area contributed by atoms with Gasteiger partial charge in [0.2, 0.25) is 10.0 Å². The highest BCUT2D eigenvalue weighted by atomic mass is 32.2. The van der Waals surface area contributed by atoms with Crippen LogP contribution in [-0.4, -0.2) is 55.2 Å². The molecular weight excluding hydrogens is 466 g/mol. The van der Waals surface area contributed by atoms with Crippen LogP contribution in [0.2, 0.25) is 0 Å². The fraction of sp³-hybridized carbons (Fsp3) is 0.458. The van der Waals surface area contributed by atoms with Gasteiger partial charge in [0.1, 0.15) is 23.0 Å². The van der Waals surface area contributed by atoms with Gasteiger partial charge in [0, 0.05) is 31.2 Å². The molecule has 182 valence electrons. The van der Waals surface area contributed by atoms with Gasteiger partial charge in [-0.05, 0) is 68.9 Å². The van der Waals surface area contributed by atoms with E-state index in [1.165, 1.54) is 4.31 Å². The Bertz CT molecular complexity index is 1440. The number of carbonyl (C=O) groups excluding carboxylic acids is 1. The number of aryl methyl sites for hydroxylation is 1. The third kappa shape index (κ3) is 3.92. The van der Waals surface area contributed by atoms with Crippen LogP contribution in [0.1, 0.15) is 60.5 Å². The first kappa shape index (κ1) is 22.3. The Hall–Kier alpha value is -3.18. The summed E-state index contributed by atoms with van der Waals surface area (Å²) in [4.78, 5) is 21.9. The zero-order valence-corrected chi connectivity index (χ0v) is 20.5. The van der Waals surface area contributed by atoms with E-state index in [1.807, 2.05) is 12.1 Å². The van der Waals surface area contributed by atoms with Crippen molar-refractivity contribution in [3.05, 3.63) is 53.1 Å². The highest BCUT2D eigenvalue weighted by Gasteiger charge is 2.41. The first-order valence-corrected chi connectivity index (χ1v) is 13.4. The third-order valence-electron chi connectivity index (χ3n) is 7.11. The maximum Gasteiger partial charge on any atom is 0.275 e. The lowest BCUT2D eigenvalue weighted by Gasteiger charge is -2.28. The van der Waals surface area contributed by atoms with Gasteiger partial charge in [-0.15, -0.1) is 10.2 Å². The van der Waals surface area contributed by atoms with Crippen LogP contribution in [0.5, 0.6) is 0 Å². The summed E-state index contributed by atoms with van der Waals surface area (Å²) in [6, 6.07) is 7.09. The topological polar surface area (TPSA) is 123 Å². The number of aromatic nitrogens is 5. The van der Waals surface area contributed by atoms with Crippen molar-refractivity contribution >= 4 is 21.7 Å². The van der Waals surface area contributed by atoms with Gasteiger partial charge in [-0.1, -0.05) is 6.07 Å². The summed E-state index contributed by atoms with van der Waals surface area (Å²) in [6.45, 7) is 5.04. The van der Waals surface area contributed by atoms with E-state index in [2.05, 4.69) is 43.9 Å². The van der Waals surface area contributed by atoms with Gasteiger partial charge in [0.15, 0.2) is 5.82 Å². The molecule has 3 aromatic rings. The molecule has 1 aliphatic carbocycles. The Morgan fingerprint density at radius 3 is 2.77 bits per heavy atom. The fourth-order valence-corrected chi connectivity index (χ4v) is 6.77. The van der Waals surface area contributed by atoms with Crippen molar-refractivity contribution in [3.8, 4) is 11.5 Å². The summed E-state index contributed by atoms with van der Waals surface area (Å²) in [5.74, 6) is 1.62. The zero-order valence-electron chi connectivity index (χ0n) is 19.7. The van der Waals surface area contributed by atoms with Crippen LogP contribution in [0.25, 0.3) is 11.5 Å². The highest BCUT2D eigenvalue weighted by Crippen LogP contribution is 2.35. The smallest absolute Gasteiger partial charge is 0.275 e. The monoisotopic (exact) mass is 493 g/mol. The molecule has 2 aliphatic heterocycles. The Morgan fingerprint density at radius 2 is 1.97 bits per heavy atom. The third-order valence-corrected chi connectivity index (χ3v) is 9.46. The van der Waals surface area contributed by atoms with E-state index in [0.717, 1.165) is 42.6 Å². The van der Waals surface area contributed by atoms with Gasteiger partial charge in [0.05, 0.1) is 5.25 Å². The lowest BCUT2D eigenvalue weighted by molar-refractivity contribution is 0.102. The van der Waals surface area contributed by atoms with E-state index in [9.17, 15) is 13.2 Å². The maximum atomic E-state index is 13.0. The average molecular weight is 494 g/mol. The van der Waals surface area contributed by atoms with E-state index in [4.69, 9.17) is 0 Å². The minimum Gasteiger partial charge on any atom is -0.305 e. The SMILES string of the molecule is CC1(C)CCc2nnc(-c3cccc(NC(=O)c4cc5c(cn4)CCN(S(=O)(=O)C4CC4)C5)n3)n21. The average Bonchev–Trinajstić information content (AvgIpc) is 3.55. The second-order valence-electron chi connectivity index (χ2n) is 10.1. The molecule has 0 aromatic carbocycles. The van der Waals surface area contributed by atoms with Crippen LogP contribution in [0.4, 0.5) is 5.82 Å². The second-order valence-corrected chi connectivity index (χ2v) is 12.3. The lowest BCUT2D eigenvalue weighted by atomic mass is 10.0. The van der Waals surface area contributed by atoms with Gasteiger partial charge in [0.25, 0.3) is 5.91 Å². The Balaban J connectivity index is 1.22. The summed E-state index contributed by atoms with van der Waals surface area (Å²) >= 11 is 0. The van der Waals surface area contributed by atoms with E-state index >= 15 is 0 Å². The van der Waals surface area contributed by atoms with Gasteiger partial charge in [-0.3, -0.25) is 9.78 Å². The number of sulfonamides is 1. The van der Waals surface area contributed by atoms with Crippen molar-refractivity contribution < 1.29 is 13.2 Å². The molecule has 3 aromatic heterocycles. The molecule has 10 nitrogen and oxygen atoms in total. The number of fused-ring (bicyclic) bond motifs is 2. The minimum atomic E-state index is -3.26. The molecule has 5 heterocycles. The van der Waals surface area contributed by atoms with Crippen LogP contribution in [0, 0.1) is 0 Å². The minimum absolute atomic E-state index is 0.0942. The summed E-state index contributed by atoms with van der Waals surface area (Å²) in [5.41, 5.74) is 2.57. The highest BCUT2D eigenvalue weighted by molar-refractivity contribution is 7.90. The molecule has 1 amide bonds. The Kier molecular flexibility index (Phi) is 5.05. The van der Waals surface area contributed by atoms with Crippen LogP contribution in [0.3, 0.4) is 0 Å². The number of pyridine rings is 2. The molecule has 0 spiro atoms. The van der Waals surface area contributed by atoms with Crippen molar-refractivity contribution in [2.75, 3.05) is 11.9 Å². The summed E-state index contributed by atoms with van der Waals surface area (Å²) in [6.07, 6.45) is 5.60.